The molecule has 4 rings (SSSR count). The second-order valence-electron chi connectivity index (χ2n) is 6.52. The van der Waals surface area contributed by atoms with Crippen molar-refractivity contribution in [1.29, 1.82) is 0 Å². The zero-order chi connectivity index (χ0) is 16.2. The number of nitrogens with zero attached hydrogens (tertiary/aromatic N) is 3. The van der Waals surface area contributed by atoms with E-state index in [1.807, 2.05) is 6.20 Å². The third-order valence-electron chi connectivity index (χ3n) is 4.89. The summed E-state index contributed by atoms with van der Waals surface area (Å²) < 4.78 is 2.23. The molecule has 2 aromatic carbocycles. The summed E-state index contributed by atoms with van der Waals surface area (Å²) in [6.07, 6.45) is 4.25. The molecule has 1 aliphatic rings. The highest BCUT2D eigenvalue weighted by Crippen LogP contribution is 2.28. The summed E-state index contributed by atoms with van der Waals surface area (Å²) in [5.74, 6) is 0. The second-order valence-corrected chi connectivity index (χ2v) is 6.52. The normalized spacial score (nSPS) is 15.7. The molecule has 4 heteroatoms. The molecule has 0 aliphatic carbocycles. The molecule has 130 valence electrons. The first-order valence-electron chi connectivity index (χ1n) is 8.75. The lowest BCUT2D eigenvalue weighted by Gasteiger charge is -2.32. The van der Waals surface area contributed by atoms with Crippen molar-refractivity contribution in [2.24, 2.45) is 0 Å². The fourth-order valence-electron chi connectivity index (χ4n) is 3.61. The molecule has 3 aromatic rings. The molecule has 1 aromatic heterocycles. The molecule has 3 nitrogen and oxygen atoms in total. The summed E-state index contributed by atoms with van der Waals surface area (Å²) in [6, 6.07) is 24.0. The Balaban J connectivity index is 0.00000182. The maximum atomic E-state index is 4.62. The van der Waals surface area contributed by atoms with Crippen molar-refractivity contribution in [2.75, 3.05) is 13.1 Å². The van der Waals surface area contributed by atoms with E-state index in [4.69, 9.17) is 0 Å². The van der Waals surface area contributed by atoms with Crippen LogP contribution in [-0.2, 0) is 6.54 Å². The topological polar surface area (TPSA) is 21.1 Å². The Morgan fingerprint density at radius 1 is 0.840 bits per heavy atom. The molecule has 2 heterocycles. The van der Waals surface area contributed by atoms with Crippen LogP contribution in [0.4, 0.5) is 0 Å². The van der Waals surface area contributed by atoms with Gasteiger partial charge in [-0.2, -0.15) is 5.10 Å². The highest BCUT2D eigenvalue weighted by atomic mass is 35.5. The van der Waals surface area contributed by atoms with E-state index in [2.05, 4.69) is 81.4 Å². The Hall–Kier alpha value is -2.10. The number of aromatic nitrogens is 2. The Kier molecular flexibility index (Phi) is 5.90. The van der Waals surface area contributed by atoms with Gasteiger partial charge in [0.1, 0.15) is 0 Å². The lowest BCUT2D eigenvalue weighted by Crippen LogP contribution is -2.34. The number of benzene rings is 2. The van der Waals surface area contributed by atoms with Crippen LogP contribution in [0.3, 0.4) is 0 Å². The number of rotatable bonds is 4. The van der Waals surface area contributed by atoms with Crippen molar-refractivity contribution in [2.45, 2.75) is 25.4 Å². The van der Waals surface area contributed by atoms with Crippen molar-refractivity contribution >= 4 is 12.4 Å². The largest absolute Gasteiger partial charge is 0.299 e. The smallest absolute Gasteiger partial charge is 0.0685 e. The second kappa shape index (κ2) is 8.32. The molecule has 0 spiro atoms. The SMILES string of the molecule is Cl.c1ccc(CN2CCC(n3nccc3-c3ccccc3)CC2)cc1. The van der Waals surface area contributed by atoms with Gasteiger partial charge in [-0.25, -0.2) is 0 Å². The summed E-state index contributed by atoms with van der Waals surface area (Å²) in [4.78, 5) is 2.55. The fraction of sp³-hybridized carbons (Fsp3) is 0.286. The summed E-state index contributed by atoms with van der Waals surface area (Å²) in [5, 5.41) is 4.62. The standard InChI is InChI=1S/C21H23N3.ClH/c1-3-7-18(8-4-1)17-23-15-12-20(13-16-23)24-21(11-14-22-24)19-9-5-2-6-10-19;/h1-11,14,20H,12-13,15-17H2;1H. The lowest BCUT2D eigenvalue weighted by atomic mass is 10.0. The third kappa shape index (κ3) is 4.12. The average molecular weight is 354 g/mol. The van der Waals surface area contributed by atoms with Gasteiger partial charge in [0.15, 0.2) is 0 Å². The molecule has 1 fully saturated rings. The van der Waals surface area contributed by atoms with Crippen molar-refractivity contribution in [3.63, 3.8) is 0 Å². The van der Waals surface area contributed by atoms with Crippen LogP contribution in [0, 0.1) is 0 Å². The van der Waals surface area contributed by atoms with E-state index < -0.39 is 0 Å². The number of hydrogen-bond donors (Lipinski definition) is 0. The van der Waals surface area contributed by atoms with Gasteiger partial charge < -0.3 is 0 Å². The molecule has 1 saturated heterocycles. The van der Waals surface area contributed by atoms with Gasteiger partial charge in [0.2, 0.25) is 0 Å². The Labute approximate surface area is 155 Å². The average Bonchev–Trinajstić information content (AvgIpc) is 3.14. The van der Waals surface area contributed by atoms with Gasteiger partial charge in [-0.3, -0.25) is 9.58 Å². The first-order chi connectivity index (χ1) is 11.9. The quantitative estimate of drug-likeness (QED) is 0.671. The summed E-state index contributed by atoms with van der Waals surface area (Å²) in [6.45, 7) is 3.32. The predicted octanol–water partition coefficient (Wildman–Crippen LogP) is 4.81. The number of hydrogen-bond acceptors (Lipinski definition) is 2. The first-order valence-corrected chi connectivity index (χ1v) is 8.75. The Morgan fingerprint density at radius 2 is 1.48 bits per heavy atom. The molecule has 0 bridgehead atoms. The Morgan fingerprint density at radius 3 is 2.16 bits per heavy atom. The van der Waals surface area contributed by atoms with Crippen LogP contribution in [0.2, 0.25) is 0 Å². The van der Waals surface area contributed by atoms with E-state index in [0.29, 0.717) is 6.04 Å². The summed E-state index contributed by atoms with van der Waals surface area (Å²) in [5.41, 5.74) is 3.89. The molecule has 1 aliphatic heterocycles. The van der Waals surface area contributed by atoms with Gasteiger partial charge >= 0.3 is 0 Å². The molecule has 0 saturated carbocycles. The van der Waals surface area contributed by atoms with E-state index in [1.165, 1.54) is 16.8 Å². The van der Waals surface area contributed by atoms with Crippen LogP contribution in [0.25, 0.3) is 11.3 Å². The first kappa shape index (κ1) is 17.7. The molecule has 0 N–H and O–H groups in total. The lowest BCUT2D eigenvalue weighted by molar-refractivity contribution is 0.174. The van der Waals surface area contributed by atoms with Gasteiger partial charge in [0, 0.05) is 25.8 Å². The van der Waals surface area contributed by atoms with E-state index in [1.54, 1.807) is 0 Å². The molecule has 0 atom stereocenters. The number of piperidine rings is 1. The van der Waals surface area contributed by atoms with Crippen LogP contribution in [0.15, 0.2) is 72.9 Å². The van der Waals surface area contributed by atoms with Crippen molar-refractivity contribution in [3.8, 4) is 11.3 Å². The van der Waals surface area contributed by atoms with E-state index in [0.717, 1.165) is 32.5 Å². The monoisotopic (exact) mass is 353 g/mol. The molecular formula is C21H24ClN3. The maximum Gasteiger partial charge on any atom is 0.0685 e. The zero-order valence-corrected chi connectivity index (χ0v) is 15.1. The van der Waals surface area contributed by atoms with Crippen molar-refractivity contribution in [3.05, 3.63) is 78.5 Å². The maximum absolute atomic E-state index is 4.62. The van der Waals surface area contributed by atoms with Gasteiger partial charge in [0.25, 0.3) is 0 Å². The Bertz CT molecular complexity index is 762. The van der Waals surface area contributed by atoms with E-state index in [-0.39, 0.29) is 12.4 Å². The van der Waals surface area contributed by atoms with Crippen LogP contribution >= 0.6 is 12.4 Å². The summed E-state index contributed by atoms with van der Waals surface area (Å²) >= 11 is 0. The van der Waals surface area contributed by atoms with Crippen LogP contribution < -0.4 is 0 Å². The minimum absolute atomic E-state index is 0. The van der Waals surface area contributed by atoms with Crippen molar-refractivity contribution in [1.82, 2.24) is 14.7 Å². The van der Waals surface area contributed by atoms with E-state index in [9.17, 15) is 0 Å². The molecular weight excluding hydrogens is 330 g/mol. The van der Waals surface area contributed by atoms with Crippen LogP contribution in [-0.4, -0.2) is 27.8 Å². The van der Waals surface area contributed by atoms with Gasteiger partial charge in [-0.15, -0.1) is 12.4 Å². The summed E-state index contributed by atoms with van der Waals surface area (Å²) in [7, 11) is 0. The van der Waals surface area contributed by atoms with Crippen molar-refractivity contribution < 1.29 is 0 Å². The van der Waals surface area contributed by atoms with Gasteiger partial charge in [0.05, 0.1) is 11.7 Å². The highest BCUT2D eigenvalue weighted by Gasteiger charge is 2.22. The minimum atomic E-state index is 0. The van der Waals surface area contributed by atoms with Gasteiger partial charge in [-0.05, 0) is 30.0 Å². The number of halogens is 1. The zero-order valence-electron chi connectivity index (χ0n) is 14.3. The van der Waals surface area contributed by atoms with Gasteiger partial charge in [-0.1, -0.05) is 60.7 Å². The molecule has 25 heavy (non-hydrogen) atoms. The minimum Gasteiger partial charge on any atom is -0.299 e. The molecule has 0 unspecified atom stereocenters. The predicted molar refractivity (Wildman–Crippen MR) is 105 cm³/mol. The van der Waals surface area contributed by atoms with E-state index >= 15 is 0 Å². The molecule has 0 radical (unpaired) electrons. The number of likely N-dealkylation sites (tertiary alicyclic amines) is 1. The highest BCUT2D eigenvalue weighted by molar-refractivity contribution is 5.85. The van der Waals surface area contributed by atoms with Crippen LogP contribution in [0.1, 0.15) is 24.4 Å². The fourth-order valence-corrected chi connectivity index (χ4v) is 3.61. The molecule has 0 amide bonds. The van der Waals surface area contributed by atoms with Crippen LogP contribution in [0.5, 0.6) is 0 Å². The third-order valence-corrected chi connectivity index (χ3v) is 4.89.